The van der Waals surface area contributed by atoms with Crippen LogP contribution in [0.5, 0.6) is 0 Å². The number of nitrogens with one attached hydrogen (secondary N) is 1. The number of hydrogen-bond acceptors (Lipinski definition) is 2. The number of H-pyrrole nitrogens is 1. The Bertz CT molecular complexity index is 613. The molecule has 1 aromatic heterocycles. The van der Waals surface area contributed by atoms with Crippen LogP contribution in [0.4, 0.5) is 0 Å². The van der Waals surface area contributed by atoms with E-state index in [9.17, 15) is 4.79 Å². The highest BCUT2D eigenvalue weighted by Gasteiger charge is 2.22. The number of carbonyl (C=O) groups excluding carboxylic acids is 1. The van der Waals surface area contributed by atoms with Gasteiger partial charge >= 0.3 is 0 Å². The van der Waals surface area contributed by atoms with Crippen molar-refractivity contribution in [1.82, 2.24) is 9.88 Å². The van der Waals surface area contributed by atoms with Crippen molar-refractivity contribution in [3.8, 4) is 0 Å². The Morgan fingerprint density at radius 2 is 2.00 bits per heavy atom. The highest BCUT2D eigenvalue weighted by molar-refractivity contribution is 5.85. The Morgan fingerprint density at radius 1 is 1.24 bits per heavy atom. The van der Waals surface area contributed by atoms with Gasteiger partial charge in [0.1, 0.15) is 0 Å². The summed E-state index contributed by atoms with van der Waals surface area (Å²) in [6, 6.07) is 8.19. The Balaban J connectivity index is 1.77. The van der Waals surface area contributed by atoms with E-state index in [1.165, 1.54) is 17.4 Å². The van der Waals surface area contributed by atoms with Crippen molar-refractivity contribution in [2.24, 2.45) is 5.73 Å². The largest absolute Gasteiger partial charge is 0.361 e. The summed E-state index contributed by atoms with van der Waals surface area (Å²) in [5.41, 5.74) is 8.22. The Labute approximate surface area is 125 Å². The molecule has 3 N–H and O–H groups in total. The molecule has 4 heteroatoms. The molecular formula is C17H23N3O. The normalized spacial score (nSPS) is 17.1. The number of benzene rings is 1. The van der Waals surface area contributed by atoms with Crippen LogP contribution in [-0.2, 0) is 4.79 Å². The van der Waals surface area contributed by atoms with E-state index in [0.29, 0.717) is 13.0 Å². The second kappa shape index (κ2) is 6.31. The van der Waals surface area contributed by atoms with Crippen LogP contribution in [0.15, 0.2) is 30.5 Å². The fourth-order valence-electron chi connectivity index (χ4n) is 3.24. The number of aromatic nitrogens is 1. The Hall–Kier alpha value is -1.81. The van der Waals surface area contributed by atoms with Crippen molar-refractivity contribution in [3.05, 3.63) is 36.0 Å². The molecule has 112 valence electrons. The predicted molar refractivity (Wildman–Crippen MR) is 85.1 cm³/mol. The predicted octanol–water partition coefficient (Wildman–Crippen LogP) is 2.61. The topological polar surface area (TPSA) is 62.1 Å². The van der Waals surface area contributed by atoms with Crippen LogP contribution in [0.1, 0.15) is 37.2 Å². The fraction of sp³-hybridized carbons (Fsp3) is 0.471. The molecule has 1 aliphatic heterocycles. The van der Waals surface area contributed by atoms with Crippen LogP contribution >= 0.6 is 0 Å². The zero-order chi connectivity index (χ0) is 14.7. The molecule has 3 rings (SSSR count). The third-order valence-electron chi connectivity index (χ3n) is 4.48. The van der Waals surface area contributed by atoms with E-state index in [1.807, 2.05) is 23.2 Å². The first kappa shape index (κ1) is 14.1. The second-order valence-corrected chi connectivity index (χ2v) is 5.87. The van der Waals surface area contributed by atoms with Gasteiger partial charge in [-0.15, -0.1) is 0 Å². The maximum Gasteiger partial charge on any atom is 0.223 e. The molecule has 2 heterocycles. The molecule has 4 nitrogen and oxygen atoms in total. The van der Waals surface area contributed by atoms with Crippen LogP contribution in [0, 0.1) is 0 Å². The molecule has 1 unspecified atom stereocenters. The van der Waals surface area contributed by atoms with Crippen LogP contribution in [0.25, 0.3) is 10.9 Å². The van der Waals surface area contributed by atoms with E-state index in [4.69, 9.17) is 5.73 Å². The van der Waals surface area contributed by atoms with E-state index in [1.54, 1.807) is 0 Å². The van der Waals surface area contributed by atoms with Gasteiger partial charge < -0.3 is 15.6 Å². The summed E-state index contributed by atoms with van der Waals surface area (Å²) in [7, 11) is 0. The maximum absolute atomic E-state index is 12.5. The molecule has 0 spiro atoms. The van der Waals surface area contributed by atoms with E-state index < -0.39 is 0 Å². The fourth-order valence-corrected chi connectivity index (χ4v) is 3.24. The Kier molecular flexibility index (Phi) is 4.25. The Morgan fingerprint density at radius 3 is 2.76 bits per heavy atom. The number of para-hydroxylation sites is 1. The van der Waals surface area contributed by atoms with Crippen molar-refractivity contribution in [1.29, 1.82) is 0 Å². The number of likely N-dealkylation sites (tertiary alicyclic amines) is 1. The molecule has 21 heavy (non-hydrogen) atoms. The summed E-state index contributed by atoms with van der Waals surface area (Å²) < 4.78 is 0. The SMILES string of the molecule is NCC(CC(=O)N1CCCCC1)c1c[nH]c2ccccc12. The number of amides is 1. The van der Waals surface area contributed by atoms with Crippen molar-refractivity contribution >= 4 is 16.8 Å². The van der Waals surface area contributed by atoms with Crippen molar-refractivity contribution in [3.63, 3.8) is 0 Å². The molecule has 1 amide bonds. The van der Waals surface area contributed by atoms with Gasteiger partial charge in [0.05, 0.1) is 0 Å². The number of aromatic amines is 1. The second-order valence-electron chi connectivity index (χ2n) is 5.87. The van der Waals surface area contributed by atoms with Crippen LogP contribution in [0.2, 0.25) is 0 Å². The van der Waals surface area contributed by atoms with Crippen LogP contribution < -0.4 is 5.73 Å². The number of piperidine rings is 1. The van der Waals surface area contributed by atoms with Crippen molar-refractivity contribution in [2.45, 2.75) is 31.6 Å². The number of nitrogens with zero attached hydrogens (tertiary/aromatic N) is 1. The first-order valence-corrected chi connectivity index (χ1v) is 7.83. The van der Waals surface area contributed by atoms with Crippen molar-refractivity contribution in [2.75, 3.05) is 19.6 Å². The van der Waals surface area contributed by atoms with Gasteiger partial charge in [0, 0.05) is 42.5 Å². The summed E-state index contributed by atoms with van der Waals surface area (Å²) in [6.07, 6.45) is 6.02. The molecule has 1 aliphatic rings. The number of nitrogens with two attached hydrogens (primary N) is 1. The van der Waals surface area contributed by atoms with Gasteiger partial charge in [-0.1, -0.05) is 18.2 Å². The van der Waals surface area contributed by atoms with Gasteiger partial charge in [-0.05, 0) is 37.4 Å². The maximum atomic E-state index is 12.5. The summed E-state index contributed by atoms with van der Waals surface area (Å²) in [5, 5.41) is 1.18. The summed E-state index contributed by atoms with van der Waals surface area (Å²) in [6.45, 7) is 2.31. The van der Waals surface area contributed by atoms with E-state index >= 15 is 0 Å². The average molecular weight is 285 g/mol. The zero-order valence-corrected chi connectivity index (χ0v) is 12.3. The van der Waals surface area contributed by atoms with Gasteiger partial charge in [-0.2, -0.15) is 0 Å². The smallest absolute Gasteiger partial charge is 0.223 e. The highest BCUT2D eigenvalue weighted by atomic mass is 16.2. The van der Waals surface area contributed by atoms with Crippen LogP contribution in [-0.4, -0.2) is 35.4 Å². The molecule has 1 aromatic carbocycles. The molecule has 0 radical (unpaired) electrons. The number of rotatable bonds is 4. The van der Waals surface area contributed by atoms with E-state index in [-0.39, 0.29) is 11.8 Å². The van der Waals surface area contributed by atoms with Crippen molar-refractivity contribution < 1.29 is 4.79 Å². The van der Waals surface area contributed by atoms with Crippen LogP contribution in [0.3, 0.4) is 0 Å². The average Bonchev–Trinajstić information content (AvgIpc) is 2.97. The summed E-state index contributed by atoms with van der Waals surface area (Å²) in [5.74, 6) is 0.339. The molecule has 0 bridgehead atoms. The minimum atomic E-state index is 0.0931. The summed E-state index contributed by atoms with van der Waals surface area (Å²) in [4.78, 5) is 17.7. The molecule has 1 fully saturated rings. The zero-order valence-electron chi connectivity index (χ0n) is 12.3. The first-order chi connectivity index (χ1) is 10.3. The van der Waals surface area contributed by atoms with E-state index in [0.717, 1.165) is 31.4 Å². The van der Waals surface area contributed by atoms with E-state index in [2.05, 4.69) is 17.1 Å². The minimum Gasteiger partial charge on any atom is -0.361 e. The lowest BCUT2D eigenvalue weighted by Gasteiger charge is -2.28. The third kappa shape index (κ3) is 2.95. The highest BCUT2D eigenvalue weighted by Crippen LogP contribution is 2.28. The van der Waals surface area contributed by atoms with Gasteiger partial charge in [0.25, 0.3) is 0 Å². The standard InChI is InChI=1S/C17H23N3O/c18-11-13(10-17(21)20-8-4-1-5-9-20)15-12-19-16-7-3-2-6-14(15)16/h2-3,6-7,12-13,19H,1,4-5,8-11,18H2. The van der Waals surface area contributed by atoms with Gasteiger partial charge in [-0.25, -0.2) is 0 Å². The molecule has 1 saturated heterocycles. The lowest BCUT2D eigenvalue weighted by atomic mass is 9.94. The molecule has 2 aromatic rings. The van der Waals surface area contributed by atoms with Gasteiger partial charge in [0.2, 0.25) is 5.91 Å². The molecule has 0 aliphatic carbocycles. The number of hydrogen-bond donors (Lipinski definition) is 2. The van der Waals surface area contributed by atoms with Gasteiger partial charge in [-0.3, -0.25) is 4.79 Å². The molecule has 0 saturated carbocycles. The number of fused-ring (bicyclic) bond motifs is 1. The molecular weight excluding hydrogens is 262 g/mol. The minimum absolute atomic E-state index is 0.0931. The quantitative estimate of drug-likeness (QED) is 0.907. The lowest BCUT2D eigenvalue weighted by molar-refractivity contribution is -0.132. The summed E-state index contributed by atoms with van der Waals surface area (Å²) >= 11 is 0. The lowest BCUT2D eigenvalue weighted by Crippen LogP contribution is -2.37. The first-order valence-electron chi connectivity index (χ1n) is 7.83. The third-order valence-corrected chi connectivity index (χ3v) is 4.48. The van der Waals surface area contributed by atoms with Gasteiger partial charge in [0.15, 0.2) is 0 Å². The molecule has 1 atom stereocenters. The number of carbonyl (C=O) groups is 1. The monoisotopic (exact) mass is 285 g/mol.